The lowest BCUT2D eigenvalue weighted by molar-refractivity contribution is -0.140. The van der Waals surface area contributed by atoms with Gasteiger partial charge in [-0.05, 0) is 18.1 Å². The van der Waals surface area contributed by atoms with E-state index in [9.17, 15) is 9.59 Å². The highest BCUT2D eigenvalue weighted by Crippen LogP contribution is 2.27. The van der Waals surface area contributed by atoms with Crippen LogP contribution in [-0.2, 0) is 23.0 Å². The Morgan fingerprint density at radius 2 is 2.08 bits per heavy atom. The molecule has 2 aromatic heterocycles. The number of nitrogens with zero attached hydrogens (tertiary/aromatic N) is 2. The minimum atomic E-state index is -0.491. The number of aromatic nitrogens is 3. The molecule has 124 valence electrons. The summed E-state index contributed by atoms with van der Waals surface area (Å²) in [6.45, 7) is 0. The summed E-state index contributed by atoms with van der Waals surface area (Å²) in [5, 5.41) is 7.27. The molecule has 2 heterocycles. The average molecular weight is 327 g/mol. The van der Waals surface area contributed by atoms with Gasteiger partial charge in [0.25, 0.3) is 0 Å². The van der Waals surface area contributed by atoms with Crippen molar-refractivity contribution in [2.75, 3.05) is 7.11 Å². The number of esters is 2. The molecule has 1 N–H and O–H groups in total. The van der Waals surface area contributed by atoms with Crippen molar-refractivity contribution in [3.63, 3.8) is 0 Å². The molecule has 3 rings (SSSR count). The van der Waals surface area contributed by atoms with Crippen LogP contribution in [0.15, 0.2) is 36.7 Å². The molecule has 3 aromatic rings. The zero-order valence-corrected chi connectivity index (χ0v) is 13.4. The van der Waals surface area contributed by atoms with Crippen LogP contribution in [0.25, 0.3) is 10.9 Å². The molecule has 24 heavy (non-hydrogen) atoms. The summed E-state index contributed by atoms with van der Waals surface area (Å²) in [6.07, 6.45) is 3.50. The number of H-pyrrole nitrogens is 1. The van der Waals surface area contributed by atoms with Gasteiger partial charge in [-0.25, -0.2) is 4.79 Å². The van der Waals surface area contributed by atoms with Gasteiger partial charge in [0.2, 0.25) is 0 Å². The number of hydrogen-bond acceptors (Lipinski definition) is 5. The fourth-order valence-corrected chi connectivity index (χ4v) is 2.76. The van der Waals surface area contributed by atoms with E-state index >= 15 is 0 Å². The van der Waals surface area contributed by atoms with Crippen molar-refractivity contribution in [1.29, 1.82) is 0 Å². The third-order valence-electron chi connectivity index (χ3n) is 3.90. The molecule has 0 spiro atoms. The van der Waals surface area contributed by atoms with Gasteiger partial charge in [-0.15, -0.1) is 0 Å². The first-order valence-electron chi connectivity index (χ1n) is 7.46. The van der Waals surface area contributed by atoms with E-state index in [-0.39, 0.29) is 12.4 Å². The number of fused-ring (bicyclic) bond motifs is 1. The third-order valence-corrected chi connectivity index (χ3v) is 3.90. The molecular weight excluding hydrogens is 310 g/mol. The number of methoxy groups -OCH3 is 1. The molecular formula is C17H17N3O4. The second-order valence-corrected chi connectivity index (χ2v) is 5.30. The van der Waals surface area contributed by atoms with Crippen LogP contribution in [0.5, 0.6) is 5.75 Å². The highest BCUT2D eigenvalue weighted by atomic mass is 16.5. The van der Waals surface area contributed by atoms with Crippen molar-refractivity contribution < 1.29 is 19.1 Å². The molecule has 7 heteroatoms. The first kappa shape index (κ1) is 15.8. The number of ether oxygens (including phenoxy) is 2. The fraction of sp³-hybridized carbons (Fsp3) is 0.235. The van der Waals surface area contributed by atoms with Crippen molar-refractivity contribution in [1.82, 2.24) is 14.8 Å². The van der Waals surface area contributed by atoms with Crippen LogP contribution < -0.4 is 4.74 Å². The van der Waals surface area contributed by atoms with Gasteiger partial charge in [0, 0.05) is 24.4 Å². The molecule has 0 saturated carbocycles. The summed E-state index contributed by atoms with van der Waals surface area (Å²) < 4.78 is 11.8. The lowest BCUT2D eigenvalue weighted by Gasteiger charge is -2.07. The van der Waals surface area contributed by atoms with Gasteiger partial charge >= 0.3 is 11.9 Å². The van der Waals surface area contributed by atoms with E-state index in [0.717, 1.165) is 16.5 Å². The van der Waals surface area contributed by atoms with Gasteiger partial charge in [0.05, 0.1) is 19.5 Å². The maximum absolute atomic E-state index is 12.6. The summed E-state index contributed by atoms with van der Waals surface area (Å²) in [4.78, 5) is 24.1. The number of carbonyl (C=O) groups is 2. The van der Waals surface area contributed by atoms with Gasteiger partial charge in [0.1, 0.15) is 5.69 Å². The topological polar surface area (TPSA) is 86.2 Å². The molecule has 0 atom stereocenters. The zero-order chi connectivity index (χ0) is 17.1. The average Bonchev–Trinajstić information content (AvgIpc) is 3.19. The first-order chi connectivity index (χ1) is 11.6. The summed E-state index contributed by atoms with van der Waals surface area (Å²) in [7, 11) is 3.15. The van der Waals surface area contributed by atoms with E-state index in [0.29, 0.717) is 17.9 Å². The molecule has 0 fully saturated rings. The van der Waals surface area contributed by atoms with Crippen molar-refractivity contribution in [2.45, 2.75) is 12.8 Å². The monoisotopic (exact) mass is 327 g/mol. The summed E-state index contributed by atoms with van der Waals surface area (Å²) >= 11 is 0. The smallest absolute Gasteiger partial charge is 0.360 e. The standard InChI is InChI=1S/C17H17N3O4/c1-20-14-6-4-3-5-12(14)13(7-8-15(21)23-2)16(20)17(22)24-11-9-18-19-10-11/h3-6,9-10H,7-8H2,1-2H3,(H,18,19). The molecule has 0 amide bonds. The van der Waals surface area contributed by atoms with E-state index in [1.54, 1.807) is 11.6 Å². The zero-order valence-electron chi connectivity index (χ0n) is 13.4. The Balaban J connectivity index is 2.02. The van der Waals surface area contributed by atoms with Crippen molar-refractivity contribution in [2.24, 2.45) is 7.05 Å². The molecule has 0 saturated heterocycles. The molecule has 0 radical (unpaired) electrons. The van der Waals surface area contributed by atoms with Crippen LogP contribution >= 0.6 is 0 Å². The predicted molar refractivity (Wildman–Crippen MR) is 86.8 cm³/mol. The number of carbonyl (C=O) groups excluding carboxylic acids is 2. The quantitative estimate of drug-likeness (QED) is 0.726. The van der Waals surface area contributed by atoms with E-state index in [4.69, 9.17) is 9.47 Å². The number of rotatable bonds is 5. The molecule has 7 nitrogen and oxygen atoms in total. The van der Waals surface area contributed by atoms with Crippen molar-refractivity contribution in [3.05, 3.63) is 47.9 Å². The second-order valence-electron chi connectivity index (χ2n) is 5.30. The van der Waals surface area contributed by atoms with Crippen LogP contribution in [-0.4, -0.2) is 33.8 Å². The Morgan fingerprint density at radius 1 is 1.29 bits per heavy atom. The largest absolute Gasteiger partial charge is 0.469 e. The summed E-state index contributed by atoms with van der Waals surface area (Å²) in [6, 6.07) is 7.65. The van der Waals surface area contributed by atoms with Gasteiger partial charge in [-0.3, -0.25) is 9.89 Å². The second kappa shape index (κ2) is 6.57. The van der Waals surface area contributed by atoms with Crippen LogP contribution in [0.2, 0.25) is 0 Å². The van der Waals surface area contributed by atoms with Crippen LogP contribution in [0.3, 0.4) is 0 Å². The lowest BCUT2D eigenvalue weighted by atomic mass is 10.1. The van der Waals surface area contributed by atoms with Crippen molar-refractivity contribution in [3.8, 4) is 5.75 Å². The highest BCUT2D eigenvalue weighted by molar-refractivity contribution is 6.00. The molecule has 0 aliphatic carbocycles. The van der Waals surface area contributed by atoms with Gasteiger partial charge in [-0.2, -0.15) is 5.10 Å². The van der Waals surface area contributed by atoms with Gasteiger partial charge in [-0.1, -0.05) is 18.2 Å². The lowest BCUT2D eigenvalue weighted by Crippen LogP contribution is -2.15. The van der Waals surface area contributed by atoms with Crippen molar-refractivity contribution >= 4 is 22.8 Å². The number of hydrogen-bond donors (Lipinski definition) is 1. The normalized spacial score (nSPS) is 10.8. The molecule has 0 bridgehead atoms. The Bertz CT molecular complexity index is 881. The maximum atomic E-state index is 12.6. The number of aryl methyl sites for hydroxylation is 2. The summed E-state index contributed by atoms with van der Waals surface area (Å²) in [5.41, 5.74) is 2.09. The Morgan fingerprint density at radius 3 is 2.79 bits per heavy atom. The van der Waals surface area contributed by atoms with Gasteiger partial charge in [0.15, 0.2) is 5.75 Å². The Kier molecular flexibility index (Phi) is 4.33. The summed E-state index contributed by atoms with van der Waals surface area (Å²) in [5.74, 6) is -0.476. The molecule has 0 unspecified atom stereocenters. The Labute approximate surface area is 138 Å². The Hall–Kier alpha value is -3.09. The molecule has 0 aliphatic heterocycles. The first-order valence-corrected chi connectivity index (χ1v) is 7.46. The highest BCUT2D eigenvalue weighted by Gasteiger charge is 2.23. The van der Waals surface area contributed by atoms with E-state index in [1.165, 1.54) is 19.5 Å². The number of benzene rings is 1. The predicted octanol–water partition coefficient (Wildman–Crippen LogP) is 2.23. The van der Waals surface area contributed by atoms with E-state index in [2.05, 4.69) is 10.2 Å². The number of para-hydroxylation sites is 1. The van der Waals surface area contributed by atoms with Crippen LogP contribution in [0.1, 0.15) is 22.5 Å². The fourth-order valence-electron chi connectivity index (χ4n) is 2.76. The number of nitrogens with one attached hydrogen (secondary N) is 1. The minimum Gasteiger partial charge on any atom is -0.469 e. The molecule has 1 aromatic carbocycles. The van der Waals surface area contributed by atoms with E-state index in [1.807, 2.05) is 24.3 Å². The van der Waals surface area contributed by atoms with Crippen LogP contribution in [0.4, 0.5) is 0 Å². The van der Waals surface area contributed by atoms with Gasteiger partial charge < -0.3 is 14.0 Å². The minimum absolute atomic E-state index is 0.191. The van der Waals surface area contributed by atoms with E-state index < -0.39 is 5.97 Å². The van der Waals surface area contributed by atoms with Crippen LogP contribution in [0, 0.1) is 0 Å². The third kappa shape index (κ3) is 2.88. The maximum Gasteiger partial charge on any atom is 0.360 e. The SMILES string of the molecule is COC(=O)CCc1c(C(=O)Oc2cn[nH]c2)n(C)c2ccccc12. The number of aromatic amines is 1. The molecule has 0 aliphatic rings.